The van der Waals surface area contributed by atoms with Gasteiger partial charge >= 0.3 is 5.97 Å². The van der Waals surface area contributed by atoms with E-state index < -0.39 is 12.0 Å². The van der Waals surface area contributed by atoms with Crippen molar-refractivity contribution in [2.24, 2.45) is 0 Å². The van der Waals surface area contributed by atoms with Gasteiger partial charge in [-0.1, -0.05) is 17.7 Å². The van der Waals surface area contributed by atoms with E-state index in [1.165, 1.54) is 18.0 Å². The van der Waals surface area contributed by atoms with Crippen LogP contribution in [0, 0.1) is 0 Å². The van der Waals surface area contributed by atoms with Gasteiger partial charge in [0.25, 0.3) is 0 Å². The molecule has 0 unspecified atom stereocenters. The van der Waals surface area contributed by atoms with Crippen LogP contribution in [0.25, 0.3) is 0 Å². The zero-order chi connectivity index (χ0) is 23.5. The number of unbranched alkanes of at least 4 members (excludes halogenated alkanes) is 1. The minimum Gasteiger partial charge on any atom is -0.480 e. The van der Waals surface area contributed by atoms with Gasteiger partial charge in [-0.3, -0.25) is 4.39 Å². The van der Waals surface area contributed by atoms with Crippen molar-refractivity contribution in [2.45, 2.75) is 51.0 Å². The molecule has 0 amide bonds. The molecular formula is C23H32ClFN6O2. The molecule has 3 rings (SSSR count). The average Bonchev–Trinajstić information content (AvgIpc) is 2.81. The fourth-order valence-corrected chi connectivity index (χ4v) is 4.08. The molecule has 2 aromatic rings. The van der Waals surface area contributed by atoms with Crippen molar-refractivity contribution in [3.05, 3.63) is 40.9 Å². The molecule has 0 saturated heterocycles. The third-order valence-corrected chi connectivity index (χ3v) is 5.91. The van der Waals surface area contributed by atoms with Gasteiger partial charge in [0.15, 0.2) is 0 Å². The lowest BCUT2D eigenvalue weighted by atomic mass is 10.1. The molecule has 0 bridgehead atoms. The number of fused-ring (bicyclic) bond motifs is 1. The molecule has 0 aromatic carbocycles. The molecule has 1 atom stereocenters. The minimum absolute atomic E-state index is 0.241. The Kier molecular flexibility index (Phi) is 10.1. The summed E-state index contributed by atoms with van der Waals surface area (Å²) in [5.41, 5.74) is 2.37. The van der Waals surface area contributed by atoms with Crippen molar-refractivity contribution in [1.82, 2.24) is 19.9 Å². The predicted octanol–water partition coefficient (Wildman–Crippen LogP) is 3.82. The first kappa shape index (κ1) is 25.1. The first-order chi connectivity index (χ1) is 16.0. The number of aryl methyl sites for hydroxylation is 2. The first-order valence-electron chi connectivity index (χ1n) is 11.5. The number of carbonyl (C=O) groups is 1. The molecule has 10 heteroatoms. The van der Waals surface area contributed by atoms with Crippen molar-refractivity contribution in [2.75, 3.05) is 43.5 Å². The molecule has 8 nitrogen and oxygen atoms in total. The lowest BCUT2D eigenvalue weighted by Crippen LogP contribution is -2.36. The summed E-state index contributed by atoms with van der Waals surface area (Å²) < 4.78 is 12.8. The maximum Gasteiger partial charge on any atom is 0.326 e. The predicted molar refractivity (Wildman–Crippen MR) is 128 cm³/mol. The number of carboxylic acids is 1. The maximum absolute atomic E-state index is 12.8. The van der Waals surface area contributed by atoms with Crippen LogP contribution in [0.1, 0.15) is 43.4 Å². The van der Waals surface area contributed by atoms with Gasteiger partial charge in [-0.05, 0) is 63.1 Å². The number of aromatic nitrogens is 3. The Morgan fingerprint density at radius 3 is 2.88 bits per heavy atom. The van der Waals surface area contributed by atoms with E-state index in [9.17, 15) is 14.3 Å². The topological polar surface area (TPSA) is 103 Å². The largest absolute Gasteiger partial charge is 0.480 e. The molecule has 3 heterocycles. The Morgan fingerprint density at radius 2 is 2.09 bits per heavy atom. The fourth-order valence-electron chi connectivity index (χ4n) is 3.93. The van der Waals surface area contributed by atoms with E-state index in [0.29, 0.717) is 31.7 Å². The number of anilines is 2. The average molecular weight is 479 g/mol. The smallest absolute Gasteiger partial charge is 0.326 e. The van der Waals surface area contributed by atoms with Crippen molar-refractivity contribution in [1.29, 1.82) is 0 Å². The van der Waals surface area contributed by atoms with Crippen molar-refractivity contribution in [3.8, 4) is 0 Å². The van der Waals surface area contributed by atoms with Crippen LogP contribution in [0.5, 0.6) is 0 Å². The Labute approximate surface area is 199 Å². The third kappa shape index (κ3) is 8.40. The number of nitrogens with zero attached hydrogens (tertiary/aromatic N) is 4. The van der Waals surface area contributed by atoms with Gasteiger partial charge in [0.2, 0.25) is 0 Å². The van der Waals surface area contributed by atoms with Crippen molar-refractivity contribution in [3.63, 3.8) is 0 Å². The van der Waals surface area contributed by atoms with Gasteiger partial charge in [-0.15, -0.1) is 0 Å². The van der Waals surface area contributed by atoms with E-state index >= 15 is 0 Å². The second-order valence-electron chi connectivity index (χ2n) is 8.23. The SMILES string of the molecule is O=C(O)[C@H](CCN(CCCF)CCCCc1ccc2c(n1)NCCC2)Nc1cc(Cl)ncn1. The highest BCUT2D eigenvalue weighted by Gasteiger charge is 2.19. The van der Waals surface area contributed by atoms with Crippen LogP contribution in [-0.4, -0.2) is 69.8 Å². The summed E-state index contributed by atoms with van der Waals surface area (Å²) in [5.74, 6) is 0.410. The van der Waals surface area contributed by atoms with Crippen LogP contribution in [0.4, 0.5) is 16.0 Å². The molecule has 0 spiro atoms. The van der Waals surface area contributed by atoms with E-state index in [0.717, 1.165) is 56.7 Å². The van der Waals surface area contributed by atoms with E-state index in [1.807, 2.05) is 0 Å². The standard InChI is InChI=1S/C23H32ClFN6O2/c24-20-15-21(28-16-27-20)30-19(23(32)33)9-14-31(13-4-10-25)12-2-1-6-18-8-7-17-5-3-11-26-22(17)29-18/h7-8,15-16,19H,1-6,9-14H2,(H,26,29)(H,32,33)(H,27,28,30)/t19-/m0/s1. The Bertz CT molecular complexity index is 903. The number of aliphatic carboxylic acids is 1. The zero-order valence-corrected chi connectivity index (χ0v) is 19.5. The lowest BCUT2D eigenvalue weighted by Gasteiger charge is -2.24. The third-order valence-electron chi connectivity index (χ3n) is 5.70. The van der Waals surface area contributed by atoms with Crippen molar-refractivity contribution >= 4 is 29.2 Å². The second kappa shape index (κ2) is 13.3. The van der Waals surface area contributed by atoms with Gasteiger partial charge in [-0.2, -0.15) is 0 Å². The van der Waals surface area contributed by atoms with Crippen molar-refractivity contribution < 1.29 is 14.3 Å². The summed E-state index contributed by atoms with van der Waals surface area (Å²) in [5, 5.41) is 16.1. The van der Waals surface area contributed by atoms with Crippen LogP contribution in [0.15, 0.2) is 24.5 Å². The number of halogens is 2. The number of hydrogen-bond donors (Lipinski definition) is 3. The second-order valence-corrected chi connectivity index (χ2v) is 8.62. The number of rotatable bonds is 14. The number of pyridine rings is 1. The summed E-state index contributed by atoms with van der Waals surface area (Å²) in [6, 6.07) is 4.94. The highest BCUT2D eigenvalue weighted by atomic mass is 35.5. The number of alkyl halides is 1. The van der Waals surface area contributed by atoms with E-state index in [4.69, 9.17) is 16.6 Å². The Balaban J connectivity index is 1.46. The van der Waals surface area contributed by atoms with Crippen LogP contribution < -0.4 is 10.6 Å². The summed E-state index contributed by atoms with van der Waals surface area (Å²) in [7, 11) is 0. The normalized spacial score (nSPS) is 13.9. The number of hydrogen-bond acceptors (Lipinski definition) is 7. The van der Waals surface area contributed by atoms with E-state index in [2.05, 4.69) is 37.6 Å². The monoisotopic (exact) mass is 478 g/mol. The van der Waals surface area contributed by atoms with Gasteiger partial charge < -0.3 is 20.6 Å². The summed E-state index contributed by atoms with van der Waals surface area (Å²) in [4.78, 5) is 26.4. The summed E-state index contributed by atoms with van der Waals surface area (Å²) in [6.45, 7) is 2.52. The van der Waals surface area contributed by atoms with Crippen LogP contribution in [-0.2, 0) is 17.6 Å². The highest BCUT2D eigenvalue weighted by Crippen LogP contribution is 2.20. The van der Waals surface area contributed by atoms with E-state index in [-0.39, 0.29) is 11.8 Å². The van der Waals surface area contributed by atoms with Gasteiger partial charge in [0.05, 0.1) is 6.67 Å². The minimum atomic E-state index is -0.970. The molecule has 0 saturated carbocycles. The zero-order valence-electron chi connectivity index (χ0n) is 18.8. The number of nitrogens with one attached hydrogen (secondary N) is 2. The molecule has 1 aliphatic heterocycles. The number of carboxylic acid groups (broad SMARTS) is 1. The van der Waals surface area contributed by atoms with Gasteiger partial charge in [0, 0.05) is 31.4 Å². The molecule has 1 aliphatic rings. The molecule has 0 aliphatic carbocycles. The van der Waals surface area contributed by atoms with Crippen LogP contribution >= 0.6 is 11.6 Å². The summed E-state index contributed by atoms with van der Waals surface area (Å²) >= 11 is 5.85. The fraction of sp³-hybridized carbons (Fsp3) is 0.565. The van der Waals surface area contributed by atoms with E-state index in [1.54, 1.807) is 0 Å². The maximum atomic E-state index is 12.8. The molecule has 180 valence electrons. The quantitative estimate of drug-likeness (QED) is 0.278. The van der Waals surface area contributed by atoms with Gasteiger partial charge in [0.1, 0.15) is 29.2 Å². The lowest BCUT2D eigenvalue weighted by molar-refractivity contribution is -0.138. The Hall–Kier alpha value is -2.52. The highest BCUT2D eigenvalue weighted by molar-refractivity contribution is 6.29. The molecule has 2 aromatic heterocycles. The van der Waals surface area contributed by atoms with Gasteiger partial charge in [-0.25, -0.2) is 19.7 Å². The summed E-state index contributed by atoms with van der Waals surface area (Å²) in [6.07, 6.45) is 7.10. The molecule has 0 fully saturated rings. The Morgan fingerprint density at radius 1 is 1.24 bits per heavy atom. The van der Waals surface area contributed by atoms with Crippen LogP contribution in [0.3, 0.4) is 0 Å². The molecule has 33 heavy (non-hydrogen) atoms. The molecule has 3 N–H and O–H groups in total. The molecule has 0 radical (unpaired) electrons. The first-order valence-corrected chi connectivity index (χ1v) is 11.9. The van der Waals surface area contributed by atoms with Crippen LogP contribution in [0.2, 0.25) is 5.15 Å². The molecular weight excluding hydrogens is 447 g/mol.